The van der Waals surface area contributed by atoms with Crippen LogP contribution < -0.4 is 0 Å². The van der Waals surface area contributed by atoms with E-state index in [1.165, 1.54) is 102 Å². The molecule has 0 aliphatic heterocycles. The molecule has 3 heteroatoms. The molecule has 3 aromatic heterocycles. The topological polar surface area (TPSA) is 0 Å². The molecule has 0 radical (unpaired) electrons. The van der Waals surface area contributed by atoms with Gasteiger partial charge in [0, 0.05) is 0 Å². The second-order valence-electron chi connectivity index (χ2n) is 10.8. The Hall–Kier alpha value is -1.86. The van der Waals surface area contributed by atoms with Gasteiger partial charge >= 0.3 is 251 Å². The van der Waals surface area contributed by atoms with E-state index in [9.17, 15) is 0 Å². The predicted molar refractivity (Wildman–Crippen MR) is 177 cm³/mol. The van der Waals surface area contributed by atoms with Crippen molar-refractivity contribution in [2.45, 2.75) is 78.1 Å². The van der Waals surface area contributed by atoms with Crippen molar-refractivity contribution in [3.05, 3.63) is 83.9 Å². The van der Waals surface area contributed by atoms with Crippen LogP contribution in [0.4, 0.5) is 0 Å². The van der Waals surface area contributed by atoms with E-state index in [0.717, 1.165) is 0 Å². The first kappa shape index (κ1) is 27.3. The van der Waals surface area contributed by atoms with E-state index in [4.69, 9.17) is 0 Å². The van der Waals surface area contributed by atoms with E-state index in [-0.39, 0.29) is 0 Å². The second kappa shape index (κ2) is 12.8. The van der Waals surface area contributed by atoms with E-state index in [2.05, 4.69) is 86.6 Å². The molecule has 0 aliphatic rings. The second-order valence-corrected chi connectivity index (χ2v) is 18.1. The Labute approximate surface area is 249 Å². The fraction of sp³-hybridized carbons (Fsp3) is 0.333. The van der Waals surface area contributed by atoms with Crippen molar-refractivity contribution in [3.63, 3.8) is 0 Å². The number of thiophene rings is 1. The fourth-order valence-corrected chi connectivity index (χ4v) is 14.9. The van der Waals surface area contributed by atoms with Crippen LogP contribution in [0.25, 0.3) is 48.7 Å². The number of fused-ring (bicyclic) bond motifs is 5. The first-order chi connectivity index (χ1) is 19.3. The van der Waals surface area contributed by atoms with Crippen molar-refractivity contribution in [3.8, 4) is 21.1 Å². The monoisotopic (exact) mass is 662 g/mol. The van der Waals surface area contributed by atoms with Crippen LogP contribution in [-0.4, -0.2) is 29.0 Å². The van der Waals surface area contributed by atoms with Crippen molar-refractivity contribution in [2.24, 2.45) is 0 Å². The molecule has 39 heavy (non-hydrogen) atoms. The van der Waals surface area contributed by atoms with Gasteiger partial charge in [-0.25, -0.2) is 0 Å². The molecule has 0 unspecified atom stereocenters. The molecule has 0 saturated heterocycles. The van der Waals surface area contributed by atoms with Crippen LogP contribution in [0.3, 0.4) is 0 Å². The number of hydrogen-bond donors (Lipinski definition) is 0. The predicted octanol–water partition coefficient (Wildman–Crippen LogP) is 10.9. The summed E-state index contributed by atoms with van der Waals surface area (Å²) >= 11 is 2.89. The maximum absolute atomic E-state index is 2.43. The minimum atomic E-state index is 0.395. The van der Waals surface area contributed by atoms with Gasteiger partial charge in [0.05, 0.1) is 0 Å². The fourth-order valence-electron chi connectivity index (χ4n) is 5.78. The number of benzene rings is 3. The summed E-state index contributed by atoms with van der Waals surface area (Å²) in [4.78, 5) is 0. The average Bonchev–Trinajstić information content (AvgIpc) is 3.62. The van der Waals surface area contributed by atoms with E-state index in [1.807, 2.05) is 11.3 Å². The Balaban J connectivity index is 1.42. The molecule has 0 atom stereocenters. The third-order valence-electron chi connectivity index (χ3n) is 7.97. The Bertz CT molecular complexity index is 1660. The van der Waals surface area contributed by atoms with Crippen LogP contribution in [0.15, 0.2) is 72.8 Å². The van der Waals surface area contributed by atoms with Crippen LogP contribution in [0.5, 0.6) is 0 Å². The van der Waals surface area contributed by atoms with Gasteiger partial charge in [-0.3, -0.25) is 0 Å². The van der Waals surface area contributed by atoms with E-state index >= 15 is 0 Å². The van der Waals surface area contributed by atoms with Gasteiger partial charge in [0.2, 0.25) is 0 Å². The first-order valence-corrected chi connectivity index (χ1v) is 19.1. The quantitative estimate of drug-likeness (QED) is 0.0905. The van der Waals surface area contributed by atoms with Gasteiger partial charge in [0.25, 0.3) is 0 Å². The van der Waals surface area contributed by atoms with E-state index in [0.29, 0.717) is 29.0 Å². The Morgan fingerprint density at radius 1 is 0.590 bits per heavy atom. The molecule has 0 saturated carbocycles. The van der Waals surface area contributed by atoms with Gasteiger partial charge in [-0.2, -0.15) is 0 Å². The summed E-state index contributed by atoms with van der Waals surface area (Å²) in [5, 5.41) is 4.62. The van der Waals surface area contributed by atoms with Gasteiger partial charge in [-0.1, -0.05) is 0 Å². The molecule has 3 aromatic carbocycles. The number of rotatable bonds is 12. The first-order valence-electron chi connectivity index (χ1n) is 14.8. The molecule has 3 heterocycles. The Kier molecular flexibility index (Phi) is 8.94. The number of unbranched alkanes of at least 4 members (excludes halogenated alkanes) is 6. The summed E-state index contributed by atoms with van der Waals surface area (Å²) in [5.41, 5.74) is 7.36. The third-order valence-corrected chi connectivity index (χ3v) is 15.5. The van der Waals surface area contributed by atoms with Gasteiger partial charge in [0.1, 0.15) is 0 Å². The van der Waals surface area contributed by atoms with Gasteiger partial charge in [-0.15, -0.1) is 0 Å². The molecule has 6 aromatic rings. The van der Waals surface area contributed by atoms with Crippen molar-refractivity contribution in [1.29, 1.82) is 0 Å². The van der Waals surface area contributed by atoms with Crippen LogP contribution in [-0.2, 0) is 12.8 Å². The molecular weight excluding hydrogens is 622 g/mol. The van der Waals surface area contributed by atoms with Gasteiger partial charge in [0.15, 0.2) is 0 Å². The molecule has 0 spiro atoms. The zero-order valence-electron chi connectivity index (χ0n) is 23.2. The molecule has 0 aliphatic carbocycles. The van der Waals surface area contributed by atoms with Crippen LogP contribution in [0.2, 0.25) is 0 Å². The zero-order valence-corrected chi connectivity index (χ0v) is 27.5. The third kappa shape index (κ3) is 5.81. The summed E-state index contributed by atoms with van der Waals surface area (Å²) in [6.07, 6.45) is 13.0. The molecule has 0 nitrogen and oxygen atoms in total. The average molecular weight is 661 g/mol. The molecule has 0 bridgehead atoms. The minimum absolute atomic E-state index is 0.395. The van der Waals surface area contributed by atoms with Crippen molar-refractivity contribution < 1.29 is 0 Å². The molecule has 0 N–H and O–H groups in total. The maximum atomic E-state index is 2.43. The number of aryl methyl sites for hydroxylation is 2. The zero-order chi connectivity index (χ0) is 26.6. The Morgan fingerprint density at radius 3 is 1.85 bits per heavy atom. The normalized spacial score (nSPS) is 11.8. The molecular formula is C36H38SSe2. The van der Waals surface area contributed by atoms with Gasteiger partial charge in [-0.05, 0) is 0 Å². The molecule has 0 fully saturated rings. The van der Waals surface area contributed by atoms with Gasteiger partial charge < -0.3 is 0 Å². The molecule has 200 valence electrons. The Morgan fingerprint density at radius 2 is 1.21 bits per heavy atom. The van der Waals surface area contributed by atoms with E-state index in [1.54, 1.807) is 21.9 Å². The summed E-state index contributed by atoms with van der Waals surface area (Å²) in [6.45, 7) is 4.58. The molecule has 6 rings (SSSR count). The van der Waals surface area contributed by atoms with E-state index < -0.39 is 0 Å². The van der Waals surface area contributed by atoms with Crippen molar-refractivity contribution >= 4 is 67.9 Å². The molecule has 0 amide bonds. The SMILES string of the molecule is CCCCCCc1ccc(-c2[se]c3[se]c4sc5ccccc5c4c3c2-c2ccc(CCCCCC)cc2)cc1. The standard InChI is InChI=1S/C36H38SSe2/c1-3-5-7-9-13-25-17-21-27(22-18-25)31-33-32-29-15-11-12-16-30(29)37-35(32)39-36(33)38-34(31)28-23-19-26(20-24-28)14-10-8-6-4-2/h11-12,15-24H,3-10,13-14H2,1-2H3. The van der Waals surface area contributed by atoms with Crippen LogP contribution >= 0.6 is 11.3 Å². The van der Waals surface area contributed by atoms with Crippen LogP contribution in [0.1, 0.15) is 76.3 Å². The summed E-state index contributed by atoms with van der Waals surface area (Å²) in [6, 6.07) is 28.4. The number of hydrogen-bond acceptors (Lipinski definition) is 1. The van der Waals surface area contributed by atoms with Crippen molar-refractivity contribution in [1.82, 2.24) is 0 Å². The summed E-state index contributed by atoms with van der Waals surface area (Å²) in [5.74, 6) is 0. The summed E-state index contributed by atoms with van der Waals surface area (Å²) < 4.78 is 6.44. The van der Waals surface area contributed by atoms with Crippen molar-refractivity contribution in [2.75, 3.05) is 0 Å². The van der Waals surface area contributed by atoms with Crippen LogP contribution in [0, 0.1) is 0 Å². The summed E-state index contributed by atoms with van der Waals surface area (Å²) in [7, 11) is 0.